The van der Waals surface area contributed by atoms with Crippen LogP contribution in [0.4, 0.5) is 8.78 Å². The summed E-state index contributed by atoms with van der Waals surface area (Å²) in [4.78, 5) is 10.8. The molecule has 0 aromatic rings. The number of aliphatic carboxylic acids is 1. The molecule has 0 N–H and O–H groups in total. The molecule has 0 aromatic carbocycles. The Labute approximate surface area is 119 Å². The molecule has 116 valence electrons. The lowest BCUT2D eigenvalue weighted by Gasteiger charge is -2.44. The first-order valence-electron chi connectivity index (χ1n) is 8.01. The molecule has 0 aliphatic heterocycles. The lowest BCUT2D eigenvalue weighted by molar-refractivity contribution is -0.313. The van der Waals surface area contributed by atoms with E-state index in [1.807, 2.05) is 0 Å². The minimum Gasteiger partial charge on any atom is -0.550 e. The standard InChI is InChI=1S/C16H26F2O2/c1-2-3-11-4-6-13(7-5-11)16(18)9-8-12(15(19)20)10-14(16)17/h11-14H,2-10H2,1H3,(H,19,20)/p-1. The van der Waals surface area contributed by atoms with Crippen molar-refractivity contribution in [1.29, 1.82) is 0 Å². The normalized spacial score (nSPS) is 42.4. The number of carbonyl (C=O) groups excluding carboxylic acids is 1. The van der Waals surface area contributed by atoms with Crippen molar-refractivity contribution in [2.75, 3.05) is 0 Å². The van der Waals surface area contributed by atoms with Crippen molar-refractivity contribution in [2.45, 2.75) is 76.6 Å². The zero-order chi connectivity index (χ0) is 14.8. The smallest absolute Gasteiger partial charge is 0.144 e. The molecule has 0 amide bonds. The van der Waals surface area contributed by atoms with E-state index in [0.29, 0.717) is 5.92 Å². The van der Waals surface area contributed by atoms with Gasteiger partial charge in [-0.25, -0.2) is 8.78 Å². The van der Waals surface area contributed by atoms with E-state index < -0.39 is 23.7 Å². The predicted octanol–water partition coefficient (Wildman–Crippen LogP) is 3.19. The predicted molar refractivity (Wildman–Crippen MR) is 71.4 cm³/mol. The molecule has 3 atom stereocenters. The highest BCUT2D eigenvalue weighted by Crippen LogP contribution is 2.48. The maximum atomic E-state index is 15.0. The van der Waals surface area contributed by atoms with Crippen molar-refractivity contribution in [3.8, 4) is 0 Å². The van der Waals surface area contributed by atoms with E-state index in [2.05, 4.69) is 6.92 Å². The van der Waals surface area contributed by atoms with Crippen LogP contribution in [0.1, 0.15) is 64.7 Å². The van der Waals surface area contributed by atoms with Crippen LogP contribution < -0.4 is 5.11 Å². The number of hydrogen-bond acceptors (Lipinski definition) is 2. The third-order valence-electron chi connectivity index (χ3n) is 5.44. The number of halogens is 2. The fourth-order valence-corrected chi connectivity index (χ4v) is 4.13. The van der Waals surface area contributed by atoms with Crippen LogP contribution in [0, 0.1) is 17.8 Å². The summed E-state index contributed by atoms with van der Waals surface area (Å²) in [6.45, 7) is 2.15. The molecular weight excluding hydrogens is 262 g/mol. The number of rotatable bonds is 4. The van der Waals surface area contributed by atoms with Crippen molar-refractivity contribution in [3.63, 3.8) is 0 Å². The summed E-state index contributed by atoms with van der Waals surface area (Å²) < 4.78 is 29.2. The van der Waals surface area contributed by atoms with Crippen LogP contribution in [0.2, 0.25) is 0 Å². The van der Waals surface area contributed by atoms with Gasteiger partial charge in [-0.15, -0.1) is 0 Å². The monoisotopic (exact) mass is 287 g/mol. The van der Waals surface area contributed by atoms with Gasteiger partial charge in [0.1, 0.15) is 11.8 Å². The number of carbonyl (C=O) groups is 1. The van der Waals surface area contributed by atoms with E-state index in [0.717, 1.165) is 32.1 Å². The van der Waals surface area contributed by atoms with Crippen molar-refractivity contribution in [1.82, 2.24) is 0 Å². The Bertz CT molecular complexity index is 339. The first-order valence-corrected chi connectivity index (χ1v) is 8.01. The van der Waals surface area contributed by atoms with Crippen molar-refractivity contribution < 1.29 is 18.7 Å². The van der Waals surface area contributed by atoms with Crippen LogP contribution in [0.5, 0.6) is 0 Å². The van der Waals surface area contributed by atoms with Crippen molar-refractivity contribution in [3.05, 3.63) is 0 Å². The molecule has 2 nitrogen and oxygen atoms in total. The minimum absolute atomic E-state index is 0.0376. The Kier molecular flexibility index (Phi) is 5.03. The summed E-state index contributed by atoms with van der Waals surface area (Å²) in [6.07, 6.45) is 4.19. The van der Waals surface area contributed by atoms with E-state index in [1.54, 1.807) is 0 Å². The van der Waals surface area contributed by atoms with Crippen LogP contribution >= 0.6 is 0 Å². The van der Waals surface area contributed by atoms with Gasteiger partial charge in [0.15, 0.2) is 0 Å². The molecule has 0 spiro atoms. The summed E-state index contributed by atoms with van der Waals surface area (Å²) in [7, 11) is 0. The first kappa shape index (κ1) is 15.7. The van der Waals surface area contributed by atoms with Crippen LogP contribution in [-0.2, 0) is 4.79 Å². The average molecular weight is 287 g/mol. The highest BCUT2D eigenvalue weighted by atomic mass is 19.2. The van der Waals surface area contributed by atoms with Gasteiger partial charge >= 0.3 is 0 Å². The zero-order valence-electron chi connectivity index (χ0n) is 12.2. The summed E-state index contributed by atoms with van der Waals surface area (Å²) in [5.74, 6) is -1.61. The lowest BCUT2D eigenvalue weighted by Crippen LogP contribution is -2.50. The Balaban J connectivity index is 1.93. The molecule has 20 heavy (non-hydrogen) atoms. The first-order chi connectivity index (χ1) is 9.47. The molecule has 0 saturated heterocycles. The fourth-order valence-electron chi connectivity index (χ4n) is 4.13. The van der Waals surface area contributed by atoms with E-state index >= 15 is 4.39 Å². The Morgan fingerprint density at radius 1 is 1.25 bits per heavy atom. The molecule has 0 heterocycles. The maximum Gasteiger partial charge on any atom is 0.144 e. The zero-order valence-corrected chi connectivity index (χ0v) is 12.2. The topological polar surface area (TPSA) is 40.1 Å². The molecule has 0 aromatic heterocycles. The van der Waals surface area contributed by atoms with Crippen LogP contribution in [0.25, 0.3) is 0 Å². The van der Waals surface area contributed by atoms with Gasteiger partial charge in [-0.05, 0) is 43.9 Å². The van der Waals surface area contributed by atoms with Gasteiger partial charge in [-0.1, -0.05) is 32.6 Å². The van der Waals surface area contributed by atoms with Gasteiger partial charge in [0, 0.05) is 11.9 Å². The van der Waals surface area contributed by atoms with Crippen LogP contribution in [-0.4, -0.2) is 17.8 Å². The third kappa shape index (κ3) is 3.15. The largest absolute Gasteiger partial charge is 0.550 e. The van der Waals surface area contributed by atoms with Gasteiger partial charge in [-0.2, -0.15) is 0 Å². The Morgan fingerprint density at radius 2 is 1.90 bits per heavy atom. The third-order valence-corrected chi connectivity index (χ3v) is 5.44. The highest BCUT2D eigenvalue weighted by molar-refractivity contribution is 5.67. The quantitative estimate of drug-likeness (QED) is 0.796. The van der Waals surface area contributed by atoms with E-state index in [9.17, 15) is 14.3 Å². The highest BCUT2D eigenvalue weighted by Gasteiger charge is 2.50. The molecule has 2 saturated carbocycles. The summed E-state index contributed by atoms with van der Waals surface area (Å²) in [6, 6.07) is 0. The van der Waals surface area contributed by atoms with Gasteiger partial charge in [-0.3, -0.25) is 0 Å². The van der Waals surface area contributed by atoms with Gasteiger partial charge in [0.05, 0.1) is 0 Å². The lowest BCUT2D eigenvalue weighted by atomic mass is 9.66. The summed E-state index contributed by atoms with van der Waals surface area (Å²) in [5, 5.41) is 10.8. The van der Waals surface area contributed by atoms with Gasteiger partial charge in [0.2, 0.25) is 0 Å². The fraction of sp³-hybridized carbons (Fsp3) is 0.938. The number of carboxylic acid groups (broad SMARTS) is 1. The van der Waals surface area contributed by atoms with Crippen LogP contribution in [0.3, 0.4) is 0 Å². The molecule has 0 bridgehead atoms. The average Bonchev–Trinajstić information content (AvgIpc) is 2.43. The second-order valence-corrected chi connectivity index (χ2v) is 6.69. The summed E-state index contributed by atoms with van der Waals surface area (Å²) in [5.41, 5.74) is -1.80. The number of hydrogen-bond donors (Lipinski definition) is 0. The molecule has 2 aliphatic carbocycles. The number of carboxylic acids is 1. The van der Waals surface area contributed by atoms with E-state index in [4.69, 9.17) is 0 Å². The summed E-state index contributed by atoms with van der Waals surface area (Å²) >= 11 is 0. The number of alkyl halides is 2. The maximum absolute atomic E-state index is 15.0. The Hall–Kier alpha value is -0.670. The Morgan fingerprint density at radius 3 is 2.40 bits per heavy atom. The molecule has 2 aliphatic rings. The minimum atomic E-state index is -1.80. The SMILES string of the molecule is CCCC1CCC(C2(F)CCC(C(=O)[O-])CC2F)CC1. The van der Waals surface area contributed by atoms with Crippen LogP contribution in [0.15, 0.2) is 0 Å². The molecule has 2 rings (SSSR count). The molecule has 4 heteroatoms. The van der Waals surface area contributed by atoms with Gasteiger partial charge in [0.25, 0.3) is 0 Å². The second kappa shape index (κ2) is 6.40. The molecule has 3 unspecified atom stereocenters. The van der Waals surface area contributed by atoms with Gasteiger partial charge < -0.3 is 9.90 Å². The molecular formula is C16H25F2O2-. The van der Waals surface area contributed by atoms with Crippen molar-refractivity contribution in [2.24, 2.45) is 17.8 Å². The second-order valence-electron chi connectivity index (χ2n) is 6.69. The van der Waals surface area contributed by atoms with E-state index in [1.165, 1.54) is 6.42 Å². The van der Waals surface area contributed by atoms with E-state index in [-0.39, 0.29) is 25.2 Å². The van der Waals surface area contributed by atoms with Crippen molar-refractivity contribution >= 4 is 5.97 Å². The molecule has 0 radical (unpaired) electrons. The molecule has 2 fully saturated rings.